The van der Waals surface area contributed by atoms with E-state index in [1.54, 1.807) is 0 Å². The minimum Gasteiger partial charge on any atom is -0.378 e. The van der Waals surface area contributed by atoms with Gasteiger partial charge in [-0.3, -0.25) is 4.79 Å². The summed E-state index contributed by atoms with van der Waals surface area (Å²) in [7, 11) is 0. The first-order chi connectivity index (χ1) is 8.17. The Hall–Kier alpha value is -0.610. The minimum absolute atomic E-state index is 0.0693. The molecule has 3 N–H and O–H groups in total. The molecule has 98 valence electrons. The average Bonchev–Trinajstić information content (AvgIpc) is 2.20. The molecule has 0 heterocycles. The summed E-state index contributed by atoms with van der Waals surface area (Å²) in [4.78, 5) is 11.9. The molecule has 4 nitrogen and oxygen atoms in total. The Morgan fingerprint density at radius 3 is 2.65 bits per heavy atom. The fourth-order valence-corrected chi connectivity index (χ4v) is 2.81. The summed E-state index contributed by atoms with van der Waals surface area (Å²) >= 11 is 0. The molecule has 0 aromatic rings. The van der Waals surface area contributed by atoms with Gasteiger partial charge in [0.05, 0.1) is 11.6 Å². The summed E-state index contributed by atoms with van der Waals surface area (Å²) in [5.41, 5.74) is 5.65. The van der Waals surface area contributed by atoms with Crippen LogP contribution >= 0.6 is 0 Å². The van der Waals surface area contributed by atoms with Gasteiger partial charge < -0.3 is 15.8 Å². The van der Waals surface area contributed by atoms with Crippen LogP contribution in [0.15, 0.2) is 0 Å². The molecule has 0 atom stereocenters. The molecule has 0 bridgehead atoms. The first-order valence-corrected chi connectivity index (χ1v) is 6.80. The summed E-state index contributed by atoms with van der Waals surface area (Å²) in [6.45, 7) is 3.37. The molecule has 17 heavy (non-hydrogen) atoms. The zero-order valence-electron chi connectivity index (χ0n) is 10.7. The summed E-state index contributed by atoms with van der Waals surface area (Å²) in [5, 5.41) is 3.12. The molecule has 0 aliphatic heterocycles. The number of rotatable bonds is 6. The number of amides is 1. The van der Waals surface area contributed by atoms with Crippen LogP contribution in [0.25, 0.3) is 0 Å². The zero-order valence-corrected chi connectivity index (χ0v) is 10.7. The van der Waals surface area contributed by atoms with Crippen molar-refractivity contribution in [1.29, 1.82) is 0 Å². The predicted octanol–water partition coefficient (Wildman–Crippen LogP) is 1.19. The second kappa shape index (κ2) is 5.36. The third kappa shape index (κ3) is 2.99. The van der Waals surface area contributed by atoms with Crippen LogP contribution in [-0.2, 0) is 9.53 Å². The maximum Gasteiger partial charge on any atom is 0.220 e. The second-order valence-electron chi connectivity index (χ2n) is 5.51. The largest absolute Gasteiger partial charge is 0.378 e. The maximum absolute atomic E-state index is 11.9. The highest BCUT2D eigenvalue weighted by molar-refractivity contribution is 5.77. The third-order valence-corrected chi connectivity index (χ3v) is 4.17. The van der Waals surface area contributed by atoms with E-state index >= 15 is 0 Å². The number of carbonyl (C=O) groups is 1. The van der Waals surface area contributed by atoms with Crippen LogP contribution in [0.1, 0.15) is 45.4 Å². The third-order valence-electron chi connectivity index (χ3n) is 4.17. The maximum atomic E-state index is 11.9. The molecule has 2 rings (SSSR count). The lowest BCUT2D eigenvalue weighted by molar-refractivity contribution is -0.127. The van der Waals surface area contributed by atoms with E-state index < -0.39 is 0 Å². The Bertz CT molecular complexity index is 265. The van der Waals surface area contributed by atoms with Gasteiger partial charge in [-0.15, -0.1) is 0 Å². The summed E-state index contributed by atoms with van der Waals surface area (Å²) in [6, 6.07) is 0. The lowest BCUT2D eigenvalue weighted by atomic mass is 9.75. The fraction of sp³-hybridized carbons (Fsp3) is 0.923. The van der Waals surface area contributed by atoms with Crippen LogP contribution < -0.4 is 11.1 Å². The molecule has 2 fully saturated rings. The van der Waals surface area contributed by atoms with Crippen LogP contribution in [0.3, 0.4) is 0 Å². The van der Waals surface area contributed by atoms with Gasteiger partial charge in [0.15, 0.2) is 0 Å². The van der Waals surface area contributed by atoms with Gasteiger partial charge in [-0.2, -0.15) is 0 Å². The number of nitrogens with one attached hydrogen (secondary N) is 1. The monoisotopic (exact) mass is 240 g/mol. The van der Waals surface area contributed by atoms with Gasteiger partial charge in [0.1, 0.15) is 0 Å². The van der Waals surface area contributed by atoms with Gasteiger partial charge in [0.25, 0.3) is 0 Å². The SMILES string of the molecule is CCOC1CC(CC(=O)NC2(CN)CCC2)C1. The molecule has 2 aliphatic carbocycles. The standard InChI is InChI=1S/C13H24N2O2/c1-2-17-11-6-10(7-11)8-12(16)15-13(9-14)4-3-5-13/h10-11H,2-9,14H2,1H3,(H,15,16). The lowest BCUT2D eigenvalue weighted by Crippen LogP contribution is -2.58. The summed E-state index contributed by atoms with van der Waals surface area (Å²) in [5.74, 6) is 0.691. The zero-order chi connectivity index (χ0) is 12.3. The van der Waals surface area contributed by atoms with E-state index in [1.165, 1.54) is 6.42 Å². The Morgan fingerprint density at radius 1 is 1.47 bits per heavy atom. The van der Waals surface area contributed by atoms with Crippen molar-refractivity contribution in [1.82, 2.24) is 5.32 Å². The van der Waals surface area contributed by atoms with Gasteiger partial charge in [-0.25, -0.2) is 0 Å². The molecule has 0 unspecified atom stereocenters. The Morgan fingerprint density at radius 2 is 2.18 bits per heavy atom. The molecule has 2 saturated carbocycles. The Balaban J connectivity index is 1.65. The molecular weight excluding hydrogens is 216 g/mol. The highest BCUT2D eigenvalue weighted by atomic mass is 16.5. The van der Waals surface area contributed by atoms with Crippen LogP contribution in [0.5, 0.6) is 0 Å². The quantitative estimate of drug-likeness (QED) is 0.733. The van der Waals surface area contributed by atoms with Crippen molar-refractivity contribution in [3.05, 3.63) is 0 Å². The summed E-state index contributed by atoms with van der Waals surface area (Å²) in [6.07, 6.45) is 6.39. The predicted molar refractivity (Wildman–Crippen MR) is 66.5 cm³/mol. The van der Waals surface area contributed by atoms with Crippen molar-refractivity contribution in [2.45, 2.75) is 57.1 Å². The van der Waals surface area contributed by atoms with E-state index in [2.05, 4.69) is 5.32 Å². The molecule has 4 heteroatoms. The number of carbonyl (C=O) groups excluding carboxylic acids is 1. The molecule has 0 spiro atoms. The molecule has 0 saturated heterocycles. The average molecular weight is 240 g/mol. The molecule has 1 amide bonds. The molecule has 0 aromatic carbocycles. The Kier molecular flexibility index (Phi) is 4.05. The first kappa shape index (κ1) is 12.8. The van der Waals surface area contributed by atoms with Crippen LogP contribution in [0.4, 0.5) is 0 Å². The van der Waals surface area contributed by atoms with Crippen molar-refractivity contribution in [3.63, 3.8) is 0 Å². The highest BCUT2D eigenvalue weighted by Crippen LogP contribution is 2.34. The highest BCUT2D eigenvalue weighted by Gasteiger charge is 2.38. The van der Waals surface area contributed by atoms with Crippen molar-refractivity contribution < 1.29 is 9.53 Å². The van der Waals surface area contributed by atoms with E-state index in [-0.39, 0.29) is 11.4 Å². The van der Waals surface area contributed by atoms with Crippen molar-refractivity contribution in [2.24, 2.45) is 11.7 Å². The minimum atomic E-state index is -0.0693. The van der Waals surface area contributed by atoms with Crippen LogP contribution in [-0.4, -0.2) is 30.7 Å². The van der Waals surface area contributed by atoms with E-state index in [0.717, 1.165) is 32.3 Å². The number of nitrogens with two attached hydrogens (primary N) is 1. The van der Waals surface area contributed by atoms with E-state index in [9.17, 15) is 4.79 Å². The first-order valence-electron chi connectivity index (χ1n) is 6.80. The smallest absolute Gasteiger partial charge is 0.220 e. The normalized spacial score (nSPS) is 30.2. The van der Waals surface area contributed by atoms with Crippen molar-refractivity contribution in [2.75, 3.05) is 13.2 Å². The topological polar surface area (TPSA) is 64.3 Å². The molecular formula is C13H24N2O2. The van der Waals surface area contributed by atoms with Crippen molar-refractivity contribution >= 4 is 5.91 Å². The lowest BCUT2D eigenvalue weighted by Gasteiger charge is -2.42. The molecule has 0 radical (unpaired) electrons. The second-order valence-corrected chi connectivity index (χ2v) is 5.51. The van der Waals surface area contributed by atoms with Crippen molar-refractivity contribution in [3.8, 4) is 0 Å². The van der Waals surface area contributed by atoms with Gasteiger partial charge in [-0.1, -0.05) is 0 Å². The Labute approximate surface area is 103 Å². The van der Waals surface area contributed by atoms with E-state index in [0.29, 0.717) is 25.0 Å². The van der Waals surface area contributed by atoms with E-state index in [1.807, 2.05) is 6.92 Å². The van der Waals surface area contributed by atoms with E-state index in [4.69, 9.17) is 10.5 Å². The van der Waals surface area contributed by atoms with Gasteiger partial charge in [0, 0.05) is 19.6 Å². The summed E-state index contributed by atoms with van der Waals surface area (Å²) < 4.78 is 5.49. The molecule has 2 aliphatic rings. The molecule has 0 aromatic heterocycles. The number of hydrogen-bond donors (Lipinski definition) is 2. The number of hydrogen-bond acceptors (Lipinski definition) is 3. The van der Waals surface area contributed by atoms with Crippen LogP contribution in [0, 0.1) is 5.92 Å². The fourth-order valence-electron chi connectivity index (χ4n) is 2.81. The number of ether oxygens (including phenoxy) is 1. The van der Waals surface area contributed by atoms with Gasteiger partial charge >= 0.3 is 0 Å². The van der Waals surface area contributed by atoms with Gasteiger partial charge in [-0.05, 0) is 44.9 Å². The van der Waals surface area contributed by atoms with Crippen LogP contribution in [0.2, 0.25) is 0 Å². The van der Waals surface area contributed by atoms with Gasteiger partial charge in [0.2, 0.25) is 5.91 Å².